The van der Waals surface area contributed by atoms with Gasteiger partial charge in [-0.2, -0.15) is 65.5 Å². The number of hydrogen-bond donors (Lipinski definition) is 1. The van der Waals surface area contributed by atoms with Crippen LogP contribution in [0.2, 0.25) is 0 Å². The van der Waals surface area contributed by atoms with Crippen molar-refractivity contribution >= 4 is 10.3 Å². The van der Waals surface area contributed by atoms with E-state index in [0.717, 1.165) is 0 Å². The van der Waals surface area contributed by atoms with Crippen LogP contribution in [0.15, 0.2) is 0 Å². The lowest BCUT2D eigenvalue weighted by atomic mass is 9.93. The summed E-state index contributed by atoms with van der Waals surface area (Å²) in [5.74, 6) is -37.7. The SMILES string of the molecule is NS(=O)(=O)OCCC(F)(F)C(F)(F)C(F)(F)C(F)(F)C(F)(F)C(F)(F)F. The molecular formula is C8H6F13NO3S. The van der Waals surface area contributed by atoms with Crippen LogP contribution in [0.4, 0.5) is 57.1 Å². The summed E-state index contributed by atoms with van der Waals surface area (Å²) in [5.41, 5.74) is 0. The van der Waals surface area contributed by atoms with Gasteiger partial charge in [0, 0.05) is 6.42 Å². The van der Waals surface area contributed by atoms with Crippen molar-refractivity contribution in [3.05, 3.63) is 0 Å². The van der Waals surface area contributed by atoms with Gasteiger partial charge in [0.05, 0.1) is 6.61 Å². The fourth-order valence-electron chi connectivity index (χ4n) is 1.25. The van der Waals surface area contributed by atoms with E-state index in [9.17, 15) is 65.5 Å². The number of hydrogen-bond acceptors (Lipinski definition) is 3. The average Bonchev–Trinajstić information content (AvgIpc) is 2.34. The molecule has 0 saturated heterocycles. The molecule has 0 aliphatic carbocycles. The average molecular weight is 443 g/mol. The van der Waals surface area contributed by atoms with Gasteiger partial charge >= 0.3 is 46.1 Å². The summed E-state index contributed by atoms with van der Waals surface area (Å²) in [6, 6.07) is 0. The Bertz CT molecular complexity index is 611. The highest BCUT2D eigenvalue weighted by Gasteiger charge is 2.90. The van der Waals surface area contributed by atoms with Gasteiger partial charge in [0.25, 0.3) is 0 Å². The first kappa shape index (κ1) is 25.0. The summed E-state index contributed by atoms with van der Waals surface area (Å²) in [7, 11) is -5.08. The Morgan fingerprint density at radius 2 is 1.00 bits per heavy atom. The third-order valence-electron chi connectivity index (χ3n) is 2.66. The van der Waals surface area contributed by atoms with Crippen LogP contribution in [0.5, 0.6) is 0 Å². The van der Waals surface area contributed by atoms with E-state index in [0.29, 0.717) is 0 Å². The minimum atomic E-state index is -8.01. The summed E-state index contributed by atoms with van der Waals surface area (Å²) in [4.78, 5) is 0. The molecule has 0 fully saturated rings. The molecule has 2 N–H and O–H groups in total. The van der Waals surface area contributed by atoms with Crippen molar-refractivity contribution in [3.8, 4) is 0 Å². The fourth-order valence-corrected chi connectivity index (χ4v) is 1.56. The summed E-state index contributed by atoms with van der Waals surface area (Å²) in [5, 5.41) is 4.06. The van der Waals surface area contributed by atoms with Crippen LogP contribution in [-0.2, 0) is 14.5 Å². The van der Waals surface area contributed by atoms with E-state index >= 15 is 0 Å². The van der Waals surface area contributed by atoms with Gasteiger partial charge in [0.15, 0.2) is 0 Å². The fraction of sp³-hybridized carbons (Fsp3) is 1.00. The van der Waals surface area contributed by atoms with E-state index in [4.69, 9.17) is 0 Å². The first-order valence-electron chi connectivity index (χ1n) is 5.58. The molecule has 0 atom stereocenters. The second kappa shape index (κ2) is 6.54. The Morgan fingerprint density at radius 3 is 1.31 bits per heavy atom. The lowest BCUT2D eigenvalue weighted by molar-refractivity contribution is -0.440. The molecule has 0 radical (unpaired) electrons. The number of halogens is 13. The standard InChI is InChI=1S/C8H6F13NO3S/c9-3(10,1-2-25-26(22,23)24)4(11,12)5(13,14)6(15,16)7(17,18)8(19,20)21/h1-2H2,(H2,22,23,24). The quantitative estimate of drug-likeness (QED) is 0.586. The second-order valence-corrected chi connectivity index (χ2v) is 5.79. The molecule has 0 unspecified atom stereocenters. The minimum Gasteiger partial charge on any atom is -0.258 e. The van der Waals surface area contributed by atoms with Crippen molar-refractivity contribution in [3.63, 3.8) is 0 Å². The Balaban J connectivity index is 5.92. The van der Waals surface area contributed by atoms with Crippen molar-refractivity contribution in [1.82, 2.24) is 0 Å². The predicted molar refractivity (Wildman–Crippen MR) is 54.5 cm³/mol. The van der Waals surface area contributed by atoms with Crippen molar-refractivity contribution in [2.24, 2.45) is 5.14 Å². The van der Waals surface area contributed by atoms with E-state index in [1.807, 2.05) is 0 Å². The second-order valence-electron chi connectivity index (χ2n) is 4.56. The molecule has 158 valence electrons. The summed E-state index contributed by atoms with van der Waals surface area (Å²) in [6.45, 7) is -2.11. The molecule has 0 aromatic carbocycles. The monoisotopic (exact) mass is 443 g/mol. The number of rotatable bonds is 8. The molecule has 0 aromatic rings. The van der Waals surface area contributed by atoms with Gasteiger partial charge in [0.1, 0.15) is 0 Å². The summed E-state index contributed by atoms with van der Waals surface area (Å²) >= 11 is 0. The molecule has 0 spiro atoms. The Kier molecular flexibility index (Phi) is 6.27. The molecule has 0 bridgehead atoms. The molecule has 0 aromatic heterocycles. The van der Waals surface area contributed by atoms with Crippen molar-refractivity contribution in [1.29, 1.82) is 0 Å². The van der Waals surface area contributed by atoms with Crippen LogP contribution in [0.1, 0.15) is 6.42 Å². The van der Waals surface area contributed by atoms with Crippen LogP contribution >= 0.6 is 0 Å². The minimum absolute atomic E-state index is 2.11. The van der Waals surface area contributed by atoms with Crippen LogP contribution in [0.25, 0.3) is 0 Å². The first-order chi connectivity index (χ1) is 11.0. The molecule has 0 saturated carbocycles. The normalized spacial score (nSPS) is 16.1. The van der Waals surface area contributed by atoms with Gasteiger partial charge in [-0.3, -0.25) is 4.18 Å². The molecule has 0 heterocycles. The van der Waals surface area contributed by atoms with E-state index in [1.165, 1.54) is 0 Å². The van der Waals surface area contributed by atoms with Crippen LogP contribution in [0, 0.1) is 0 Å². The Hall–Kier alpha value is -1.04. The van der Waals surface area contributed by atoms with Gasteiger partial charge in [-0.1, -0.05) is 0 Å². The maximum absolute atomic E-state index is 13.1. The van der Waals surface area contributed by atoms with Crippen LogP contribution < -0.4 is 5.14 Å². The molecule has 0 aliphatic rings. The van der Waals surface area contributed by atoms with Crippen molar-refractivity contribution in [2.75, 3.05) is 6.61 Å². The van der Waals surface area contributed by atoms with Crippen molar-refractivity contribution < 1.29 is 69.7 Å². The van der Waals surface area contributed by atoms with E-state index in [-0.39, 0.29) is 0 Å². The number of alkyl halides is 13. The predicted octanol–water partition coefficient (Wildman–Crippen LogP) is 3.34. The van der Waals surface area contributed by atoms with E-state index in [2.05, 4.69) is 9.32 Å². The Morgan fingerprint density at radius 1 is 0.654 bits per heavy atom. The zero-order valence-corrected chi connectivity index (χ0v) is 12.4. The highest BCUT2D eigenvalue weighted by Crippen LogP contribution is 2.60. The van der Waals surface area contributed by atoms with Gasteiger partial charge in [0.2, 0.25) is 0 Å². The van der Waals surface area contributed by atoms with Gasteiger partial charge in [-0.25, -0.2) is 5.14 Å². The molecular weight excluding hydrogens is 437 g/mol. The van der Waals surface area contributed by atoms with Crippen LogP contribution in [-0.4, -0.2) is 50.8 Å². The number of nitrogens with two attached hydrogens (primary N) is 1. The lowest BCUT2D eigenvalue weighted by Crippen LogP contribution is -2.70. The first-order valence-corrected chi connectivity index (χ1v) is 7.06. The Labute approximate surface area is 135 Å². The molecule has 0 aliphatic heterocycles. The smallest absolute Gasteiger partial charge is 0.258 e. The summed E-state index contributed by atoms with van der Waals surface area (Å²) < 4.78 is 188. The van der Waals surface area contributed by atoms with Crippen LogP contribution in [0.3, 0.4) is 0 Å². The van der Waals surface area contributed by atoms with E-state index in [1.54, 1.807) is 0 Å². The maximum Gasteiger partial charge on any atom is 0.460 e. The molecule has 0 rings (SSSR count). The van der Waals surface area contributed by atoms with Gasteiger partial charge in [-0.15, -0.1) is 0 Å². The van der Waals surface area contributed by atoms with Crippen molar-refractivity contribution in [2.45, 2.75) is 42.2 Å². The molecule has 18 heteroatoms. The lowest BCUT2D eigenvalue weighted by Gasteiger charge is -2.39. The molecule has 0 amide bonds. The van der Waals surface area contributed by atoms with E-state index < -0.39 is 59.1 Å². The molecule has 26 heavy (non-hydrogen) atoms. The van der Waals surface area contributed by atoms with Gasteiger partial charge in [-0.05, 0) is 0 Å². The highest BCUT2D eigenvalue weighted by atomic mass is 32.2. The maximum atomic E-state index is 13.1. The zero-order valence-electron chi connectivity index (χ0n) is 11.5. The summed E-state index contributed by atoms with van der Waals surface area (Å²) in [6.07, 6.45) is -10.3. The molecule has 4 nitrogen and oxygen atoms in total. The third kappa shape index (κ3) is 4.10. The van der Waals surface area contributed by atoms with Gasteiger partial charge < -0.3 is 0 Å². The zero-order chi connectivity index (χ0) is 21.6. The third-order valence-corrected chi connectivity index (χ3v) is 3.16. The largest absolute Gasteiger partial charge is 0.460 e. The highest BCUT2D eigenvalue weighted by molar-refractivity contribution is 7.84. The topological polar surface area (TPSA) is 69.4 Å².